The number of piperidine rings is 1. The maximum Gasteiger partial charge on any atom is 0.256 e. The minimum absolute atomic E-state index is 0.144. The Kier molecular flexibility index (Phi) is 2.79. The van der Waals surface area contributed by atoms with E-state index in [0.717, 1.165) is 18.4 Å². The molecule has 8 atom stereocenters. The van der Waals surface area contributed by atoms with Crippen molar-refractivity contribution in [3.63, 3.8) is 0 Å². The molecule has 8 unspecified atom stereocenters. The van der Waals surface area contributed by atoms with E-state index in [2.05, 4.69) is 0 Å². The zero-order valence-electron chi connectivity index (χ0n) is 12.9. The number of aliphatic hydroxyl groups is 2. The Morgan fingerprint density at radius 1 is 1.17 bits per heavy atom. The van der Waals surface area contributed by atoms with Gasteiger partial charge in [-0.3, -0.25) is 4.79 Å². The first kappa shape index (κ1) is 14.3. The van der Waals surface area contributed by atoms with Gasteiger partial charge in [-0.25, -0.2) is 0 Å². The molecule has 1 amide bonds. The van der Waals surface area contributed by atoms with E-state index < -0.39 is 12.2 Å². The van der Waals surface area contributed by atoms with Crippen LogP contribution in [0.4, 0.5) is 0 Å². The van der Waals surface area contributed by atoms with Crippen LogP contribution in [0.1, 0.15) is 28.8 Å². The molecule has 4 nitrogen and oxygen atoms in total. The Morgan fingerprint density at radius 3 is 2.70 bits per heavy atom. The van der Waals surface area contributed by atoms with Crippen LogP contribution in [0.3, 0.4) is 0 Å². The van der Waals surface area contributed by atoms with Crippen LogP contribution >= 0.6 is 11.6 Å². The summed E-state index contributed by atoms with van der Waals surface area (Å²) in [7, 11) is 0. The zero-order valence-corrected chi connectivity index (χ0v) is 13.6. The van der Waals surface area contributed by atoms with Crippen LogP contribution in [0, 0.1) is 30.6 Å². The van der Waals surface area contributed by atoms with E-state index in [1.54, 1.807) is 17.0 Å². The molecule has 1 aromatic rings. The molecule has 0 spiro atoms. The molecule has 3 aliphatic carbocycles. The van der Waals surface area contributed by atoms with Crippen molar-refractivity contribution < 1.29 is 15.0 Å². The van der Waals surface area contributed by atoms with Gasteiger partial charge in [0.2, 0.25) is 0 Å². The van der Waals surface area contributed by atoms with Crippen LogP contribution in [0.2, 0.25) is 5.02 Å². The molecule has 3 saturated carbocycles. The molecule has 4 fully saturated rings. The van der Waals surface area contributed by atoms with Crippen LogP contribution in [-0.4, -0.2) is 45.3 Å². The molecular formula is C18H20ClNO3. The van der Waals surface area contributed by atoms with Gasteiger partial charge in [-0.15, -0.1) is 0 Å². The smallest absolute Gasteiger partial charge is 0.256 e. The van der Waals surface area contributed by atoms with Crippen LogP contribution < -0.4 is 0 Å². The summed E-state index contributed by atoms with van der Waals surface area (Å²) < 4.78 is 0. The van der Waals surface area contributed by atoms with Crippen LogP contribution in [0.25, 0.3) is 0 Å². The molecular weight excluding hydrogens is 314 g/mol. The molecule has 4 aliphatic rings. The summed E-state index contributed by atoms with van der Waals surface area (Å²) >= 11 is 6.29. The lowest BCUT2D eigenvalue weighted by atomic mass is 9.75. The van der Waals surface area contributed by atoms with Gasteiger partial charge in [0.05, 0.1) is 34.9 Å². The number of hydrogen-bond acceptors (Lipinski definition) is 3. The molecule has 5 rings (SSSR count). The third kappa shape index (κ3) is 1.62. The Hall–Kier alpha value is -1.10. The molecule has 1 saturated heterocycles. The van der Waals surface area contributed by atoms with Crippen LogP contribution in [0.15, 0.2) is 18.2 Å². The molecule has 122 valence electrons. The van der Waals surface area contributed by atoms with E-state index in [1.165, 1.54) is 0 Å². The first-order valence-corrected chi connectivity index (χ1v) is 8.82. The maximum atomic E-state index is 13.2. The predicted octanol–water partition coefficient (Wildman–Crippen LogP) is 1.85. The lowest BCUT2D eigenvalue weighted by molar-refractivity contribution is -0.0836. The molecule has 1 heterocycles. The standard InChI is InChI=1S/C18H20ClNO3/c1-7-2-3-8(12(19)4-7)18(23)20-13-6-9-10-5-11(14(9)17(13)22)15(20)16(10)21/h2-4,9-11,13-17,21-22H,5-6H2,1H3. The SMILES string of the molecule is Cc1ccc(C(=O)N2C3CC4C5CC(C4C3O)C2C5O)c(Cl)c1. The third-order valence-electron chi connectivity index (χ3n) is 6.88. The van der Waals surface area contributed by atoms with E-state index in [-0.39, 0.29) is 35.7 Å². The minimum atomic E-state index is -0.452. The summed E-state index contributed by atoms with van der Waals surface area (Å²) in [6, 6.07) is 5.11. The Labute approximate surface area is 140 Å². The van der Waals surface area contributed by atoms with E-state index in [1.807, 2.05) is 13.0 Å². The van der Waals surface area contributed by atoms with Gasteiger partial charge in [0.1, 0.15) is 0 Å². The minimum Gasteiger partial charge on any atom is -0.391 e. The zero-order chi connectivity index (χ0) is 16.0. The molecule has 1 aliphatic heterocycles. The largest absolute Gasteiger partial charge is 0.391 e. The van der Waals surface area contributed by atoms with Crippen molar-refractivity contribution in [2.75, 3.05) is 0 Å². The maximum absolute atomic E-state index is 13.2. The van der Waals surface area contributed by atoms with E-state index in [9.17, 15) is 15.0 Å². The van der Waals surface area contributed by atoms with Crippen molar-refractivity contribution in [2.45, 2.75) is 44.1 Å². The molecule has 2 N–H and O–H groups in total. The number of rotatable bonds is 1. The number of amides is 1. The number of carbonyl (C=O) groups excluding carboxylic acids is 1. The molecule has 23 heavy (non-hydrogen) atoms. The first-order chi connectivity index (χ1) is 11.0. The predicted molar refractivity (Wildman–Crippen MR) is 85.1 cm³/mol. The number of halogens is 1. The highest BCUT2D eigenvalue weighted by molar-refractivity contribution is 6.33. The molecule has 0 radical (unpaired) electrons. The van der Waals surface area contributed by atoms with Gasteiger partial charge in [0.15, 0.2) is 0 Å². The number of nitrogens with zero attached hydrogens (tertiary/aromatic N) is 1. The number of likely N-dealkylation sites (tertiary alicyclic amines) is 1. The average Bonchev–Trinajstić information content (AvgIpc) is 3.05. The quantitative estimate of drug-likeness (QED) is 0.824. The molecule has 5 heteroatoms. The summed E-state index contributed by atoms with van der Waals surface area (Å²) in [6.07, 6.45) is 0.852. The van der Waals surface area contributed by atoms with E-state index in [4.69, 9.17) is 11.6 Å². The number of hydrogen-bond donors (Lipinski definition) is 2. The van der Waals surface area contributed by atoms with Crippen LogP contribution in [0.5, 0.6) is 0 Å². The van der Waals surface area contributed by atoms with Crippen molar-refractivity contribution in [1.82, 2.24) is 4.90 Å². The lowest BCUT2D eigenvalue weighted by Gasteiger charge is -2.48. The number of aryl methyl sites for hydroxylation is 1. The Balaban J connectivity index is 1.58. The molecule has 0 aromatic heterocycles. The highest BCUT2D eigenvalue weighted by atomic mass is 35.5. The van der Waals surface area contributed by atoms with Crippen molar-refractivity contribution >= 4 is 17.5 Å². The topological polar surface area (TPSA) is 60.8 Å². The Morgan fingerprint density at radius 2 is 1.96 bits per heavy atom. The van der Waals surface area contributed by atoms with E-state index in [0.29, 0.717) is 16.5 Å². The van der Waals surface area contributed by atoms with Gasteiger partial charge in [-0.2, -0.15) is 0 Å². The number of aliphatic hydroxyl groups excluding tert-OH is 2. The van der Waals surface area contributed by atoms with Gasteiger partial charge < -0.3 is 15.1 Å². The van der Waals surface area contributed by atoms with Crippen LogP contribution in [-0.2, 0) is 0 Å². The van der Waals surface area contributed by atoms with Crippen molar-refractivity contribution in [1.29, 1.82) is 0 Å². The lowest BCUT2D eigenvalue weighted by Crippen LogP contribution is -2.62. The average molecular weight is 334 g/mol. The van der Waals surface area contributed by atoms with Gasteiger partial charge in [0, 0.05) is 0 Å². The summed E-state index contributed by atoms with van der Waals surface area (Å²) in [5, 5.41) is 21.8. The van der Waals surface area contributed by atoms with Gasteiger partial charge in [-0.1, -0.05) is 17.7 Å². The second-order valence-electron chi connectivity index (χ2n) is 7.78. The Bertz CT molecular complexity index is 708. The summed E-state index contributed by atoms with van der Waals surface area (Å²) in [5.41, 5.74) is 1.48. The number of carbonyl (C=O) groups is 1. The highest BCUT2D eigenvalue weighted by Gasteiger charge is 2.70. The van der Waals surface area contributed by atoms with Gasteiger partial charge in [0.25, 0.3) is 5.91 Å². The molecule has 4 bridgehead atoms. The number of fused-ring (bicyclic) bond motifs is 3. The van der Waals surface area contributed by atoms with Crippen molar-refractivity contribution in [2.24, 2.45) is 23.7 Å². The molecule has 1 aromatic carbocycles. The highest BCUT2D eigenvalue weighted by Crippen LogP contribution is 2.64. The van der Waals surface area contributed by atoms with E-state index >= 15 is 0 Å². The summed E-state index contributed by atoms with van der Waals surface area (Å²) in [6.45, 7) is 1.94. The van der Waals surface area contributed by atoms with Crippen molar-refractivity contribution in [3.8, 4) is 0 Å². The van der Waals surface area contributed by atoms with Crippen molar-refractivity contribution in [3.05, 3.63) is 34.3 Å². The normalized spacial score (nSPS) is 46.0. The second kappa shape index (κ2) is 4.50. The third-order valence-corrected chi connectivity index (χ3v) is 7.19. The fourth-order valence-electron chi connectivity index (χ4n) is 6.12. The monoisotopic (exact) mass is 333 g/mol. The summed E-state index contributed by atoms with van der Waals surface area (Å²) in [5.74, 6) is 0.992. The van der Waals surface area contributed by atoms with Gasteiger partial charge in [-0.05, 0) is 61.1 Å². The van der Waals surface area contributed by atoms with Gasteiger partial charge >= 0.3 is 0 Å². The second-order valence-corrected chi connectivity index (χ2v) is 8.18. The fourth-order valence-corrected chi connectivity index (χ4v) is 6.43. The number of benzene rings is 1. The first-order valence-electron chi connectivity index (χ1n) is 8.44. The summed E-state index contributed by atoms with van der Waals surface area (Å²) in [4.78, 5) is 15.0. The fraction of sp³-hybridized carbons (Fsp3) is 0.611.